The third-order valence-corrected chi connectivity index (χ3v) is 6.97. The third-order valence-electron chi connectivity index (χ3n) is 6.49. The van der Waals surface area contributed by atoms with E-state index in [-0.39, 0.29) is 22.3 Å². The molecule has 2 N–H and O–H groups in total. The molecule has 1 aliphatic carbocycles. The summed E-state index contributed by atoms with van der Waals surface area (Å²) in [4.78, 5) is 9.89. The van der Waals surface area contributed by atoms with Crippen molar-refractivity contribution in [2.75, 3.05) is 29.9 Å². The first-order valence-corrected chi connectivity index (χ1v) is 12.1. The van der Waals surface area contributed by atoms with E-state index in [2.05, 4.69) is 26.7 Å². The largest absolute Gasteiger partial charge is 0.433 e. The smallest absolute Gasteiger partial charge is 0.361 e. The molecule has 0 unspecified atom stereocenters. The van der Waals surface area contributed by atoms with Crippen LogP contribution in [0.15, 0.2) is 30.3 Å². The van der Waals surface area contributed by atoms with Crippen molar-refractivity contribution in [1.29, 1.82) is 0 Å². The molecule has 2 heterocycles. The Morgan fingerprint density at radius 1 is 1.06 bits per heavy atom. The van der Waals surface area contributed by atoms with Crippen LogP contribution in [0.25, 0.3) is 0 Å². The minimum Gasteiger partial charge on any atom is -0.361 e. The number of piperidine rings is 1. The molecule has 0 atom stereocenters. The Kier molecular flexibility index (Phi) is 7.28. The minimum absolute atomic E-state index is 0.121. The van der Waals surface area contributed by atoms with Gasteiger partial charge in [0.25, 0.3) is 0 Å². The van der Waals surface area contributed by atoms with Gasteiger partial charge in [0, 0.05) is 36.1 Å². The Bertz CT molecular complexity index is 988. The molecule has 0 spiro atoms. The molecule has 2 aliphatic rings. The van der Waals surface area contributed by atoms with Crippen molar-refractivity contribution in [1.82, 2.24) is 15.3 Å². The lowest BCUT2D eigenvalue weighted by Gasteiger charge is -2.31. The highest BCUT2D eigenvalue weighted by Gasteiger charge is 2.36. The number of alkyl halides is 3. The van der Waals surface area contributed by atoms with Gasteiger partial charge in [0.1, 0.15) is 5.82 Å². The first-order chi connectivity index (χ1) is 15.7. The lowest BCUT2D eigenvalue weighted by molar-refractivity contribution is -0.141. The van der Waals surface area contributed by atoms with Crippen LogP contribution in [0.3, 0.4) is 0 Å². The fourth-order valence-electron chi connectivity index (χ4n) is 4.75. The first kappa shape index (κ1) is 24.0. The fraction of sp³-hybridized carbons (Fsp3) is 0.522. The maximum atomic E-state index is 13.5. The van der Waals surface area contributed by atoms with E-state index in [0.717, 1.165) is 56.6 Å². The number of nitrogens with one attached hydrogen (secondary N) is 2. The molecule has 1 saturated heterocycles. The molecule has 4 rings (SSSR count). The zero-order valence-electron chi connectivity index (χ0n) is 18.2. The SMILES string of the molecule is FC(F)(F)c1cc(N2CCCCC2)nc(NC(=S)NCC2(c3cccc(Cl)c3)CCCC2)n1. The highest BCUT2D eigenvalue weighted by molar-refractivity contribution is 7.80. The van der Waals surface area contributed by atoms with Crippen LogP contribution >= 0.6 is 23.8 Å². The van der Waals surface area contributed by atoms with Crippen LogP contribution in [-0.2, 0) is 11.6 Å². The zero-order chi connectivity index (χ0) is 23.5. The van der Waals surface area contributed by atoms with Gasteiger partial charge in [-0.05, 0) is 62.0 Å². The van der Waals surface area contributed by atoms with Crippen LogP contribution < -0.4 is 15.5 Å². The van der Waals surface area contributed by atoms with Crippen molar-refractivity contribution in [3.05, 3.63) is 46.6 Å². The summed E-state index contributed by atoms with van der Waals surface area (Å²) in [6, 6.07) is 8.84. The number of hydrogen-bond donors (Lipinski definition) is 2. The average molecular weight is 498 g/mol. The summed E-state index contributed by atoms with van der Waals surface area (Å²) in [5.41, 5.74) is 0.0460. The molecule has 0 bridgehead atoms. The minimum atomic E-state index is -4.57. The number of nitrogens with zero attached hydrogens (tertiary/aromatic N) is 3. The molecule has 2 aromatic rings. The molecule has 5 nitrogen and oxygen atoms in total. The van der Waals surface area contributed by atoms with Crippen LogP contribution in [0.4, 0.5) is 24.9 Å². The van der Waals surface area contributed by atoms with Gasteiger partial charge < -0.3 is 15.5 Å². The Labute approximate surface area is 202 Å². The predicted molar refractivity (Wildman–Crippen MR) is 129 cm³/mol. The summed E-state index contributed by atoms with van der Waals surface area (Å²) in [6.07, 6.45) is 2.54. The van der Waals surface area contributed by atoms with Gasteiger partial charge in [-0.2, -0.15) is 18.2 Å². The van der Waals surface area contributed by atoms with Crippen LogP contribution in [0.5, 0.6) is 0 Å². The molecular weight excluding hydrogens is 471 g/mol. The van der Waals surface area contributed by atoms with E-state index in [9.17, 15) is 13.2 Å². The number of anilines is 2. The Hall–Kier alpha value is -2.13. The summed E-state index contributed by atoms with van der Waals surface area (Å²) >= 11 is 11.6. The van der Waals surface area contributed by atoms with E-state index in [4.69, 9.17) is 23.8 Å². The van der Waals surface area contributed by atoms with E-state index >= 15 is 0 Å². The van der Waals surface area contributed by atoms with Crippen LogP contribution in [-0.4, -0.2) is 34.7 Å². The summed E-state index contributed by atoms with van der Waals surface area (Å²) in [7, 11) is 0. The van der Waals surface area contributed by atoms with Gasteiger partial charge in [-0.1, -0.05) is 36.6 Å². The predicted octanol–water partition coefficient (Wildman–Crippen LogP) is 5.94. The number of rotatable bonds is 5. The maximum Gasteiger partial charge on any atom is 0.433 e. The second kappa shape index (κ2) is 10.0. The highest BCUT2D eigenvalue weighted by atomic mass is 35.5. The van der Waals surface area contributed by atoms with Gasteiger partial charge in [0.05, 0.1) is 0 Å². The third kappa shape index (κ3) is 5.87. The number of benzene rings is 1. The van der Waals surface area contributed by atoms with Gasteiger partial charge in [-0.3, -0.25) is 0 Å². The monoisotopic (exact) mass is 497 g/mol. The standard InChI is InChI=1S/C23H27ClF3N5S/c24-17-8-6-7-16(13-17)22(9-2-3-10-22)15-28-21(33)31-20-29-18(23(25,26)27)14-19(30-20)32-11-4-1-5-12-32/h6-8,13-14H,1-5,9-12,15H2,(H2,28,29,30,31,33). The number of hydrogen-bond acceptors (Lipinski definition) is 4. The Morgan fingerprint density at radius 2 is 1.79 bits per heavy atom. The maximum absolute atomic E-state index is 13.5. The first-order valence-electron chi connectivity index (χ1n) is 11.3. The van der Waals surface area contributed by atoms with Crippen molar-refractivity contribution in [2.45, 2.75) is 56.5 Å². The van der Waals surface area contributed by atoms with Gasteiger partial charge in [0.2, 0.25) is 5.95 Å². The van der Waals surface area contributed by atoms with Crippen molar-refractivity contribution < 1.29 is 13.2 Å². The fourth-order valence-corrected chi connectivity index (χ4v) is 5.11. The van der Waals surface area contributed by atoms with Crippen LogP contribution in [0.2, 0.25) is 5.02 Å². The molecule has 2 fully saturated rings. The van der Waals surface area contributed by atoms with E-state index in [0.29, 0.717) is 24.7 Å². The second-order valence-corrected chi connectivity index (χ2v) is 9.63. The highest BCUT2D eigenvalue weighted by Crippen LogP contribution is 2.41. The van der Waals surface area contributed by atoms with E-state index < -0.39 is 11.9 Å². The topological polar surface area (TPSA) is 53.1 Å². The molecule has 1 saturated carbocycles. The van der Waals surface area contributed by atoms with E-state index in [1.807, 2.05) is 23.1 Å². The lowest BCUT2D eigenvalue weighted by atomic mass is 9.79. The summed E-state index contributed by atoms with van der Waals surface area (Å²) in [6.45, 7) is 1.91. The van der Waals surface area contributed by atoms with Gasteiger partial charge in [-0.15, -0.1) is 0 Å². The summed E-state index contributed by atoms with van der Waals surface area (Å²) in [5, 5.41) is 6.86. The molecule has 0 radical (unpaired) electrons. The zero-order valence-corrected chi connectivity index (χ0v) is 19.8. The van der Waals surface area contributed by atoms with Crippen LogP contribution in [0, 0.1) is 0 Å². The Balaban J connectivity index is 1.49. The summed E-state index contributed by atoms with van der Waals surface area (Å²) in [5.74, 6) is 0.125. The Morgan fingerprint density at radius 3 is 2.45 bits per heavy atom. The van der Waals surface area contributed by atoms with Crippen molar-refractivity contribution in [3.8, 4) is 0 Å². The molecule has 0 amide bonds. The average Bonchev–Trinajstić information content (AvgIpc) is 3.28. The lowest BCUT2D eigenvalue weighted by Crippen LogP contribution is -2.41. The molecule has 1 aliphatic heterocycles. The molecule has 10 heteroatoms. The number of thiocarbonyl (C=S) groups is 1. The van der Waals surface area contributed by atoms with Crippen molar-refractivity contribution >= 4 is 40.7 Å². The normalized spacial score (nSPS) is 18.2. The quantitative estimate of drug-likeness (QED) is 0.499. The molecule has 1 aromatic heterocycles. The van der Waals surface area contributed by atoms with Crippen LogP contribution in [0.1, 0.15) is 56.2 Å². The van der Waals surface area contributed by atoms with E-state index in [1.165, 1.54) is 0 Å². The molecule has 1 aromatic carbocycles. The van der Waals surface area contributed by atoms with E-state index in [1.54, 1.807) is 0 Å². The second-order valence-electron chi connectivity index (χ2n) is 8.79. The van der Waals surface area contributed by atoms with Gasteiger partial charge >= 0.3 is 6.18 Å². The van der Waals surface area contributed by atoms with Crippen molar-refractivity contribution in [2.24, 2.45) is 0 Å². The summed E-state index contributed by atoms with van der Waals surface area (Å²) < 4.78 is 40.4. The molecular formula is C23H27ClF3N5S. The van der Waals surface area contributed by atoms with Gasteiger partial charge in [0.15, 0.2) is 10.8 Å². The van der Waals surface area contributed by atoms with Crippen molar-refractivity contribution in [3.63, 3.8) is 0 Å². The number of aromatic nitrogens is 2. The number of halogens is 4. The van der Waals surface area contributed by atoms with Gasteiger partial charge in [-0.25, -0.2) is 4.98 Å². The molecule has 178 valence electrons. The molecule has 33 heavy (non-hydrogen) atoms.